The number of benzene rings is 2. The maximum atomic E-state index is 6.54. The zero-order valence-electron chi connectivity index (χ0n) is 13.1. The minimum atomic E-state index is 0.0350. The number of fused-ring (bicyclic) bond motifs is 1. The number of nitrogens with one attached hydrogen (secondary N) is 1. The first-order valence-corrected chi connectivity index (χ1v) is 8.78. The summed E-state index contributed by atoms with van der Waals surface area (Å²) in [6, 6.07) is 11.9. The van der Waals surface area contributed by atoms with Crippen LogP contribution in [0.2, 0.25) is 10.0 Å². The van der Waals surface area contributed by atoms with Crippen molar-refractivity contribution in [3.63, 3.8) is 0 Å². The van der Waals surface area contributed by atoms with Gasteiger partial charge in [0.15, 0.2) is 11.5 Å². The number of halogens is 2. The van der Waals surface area contributed by atoms with E-state index in [-0.39, 0.29) is 12.8 Å². The molecule has 1 atom stereocenters. The van der Waals surface area contributed by atoms with Gasteiger partial charge in [-0.3, -0.25) is 4.90 Å². The summed E-state index contributed by atoms with van der Waals surface area (Å²) in [5, 5.41) is 4.58. The monoisotopic (exact) mass is 364 g/mol. The van der Waals surface area contributed by atoms with E-state index in [2.05, 4.69) is 16.3 Å². The van der Waals surface area contributed by atoms with Crippen molar-refractivity contribution in [1.82, 2.24) is 10.2 Å². The van der Waals surface area contributed by atoms with Crippen molar-refractivity contribution < 1.29 is 9.47 Å². The van der Waals surface area contributed by atoms with Crippen LogP contribution in [0.15, 0.2) is 36.4 Å². The Bertz CT molecular complexity index is 748. The van der Waals surface area contributed by atoms with Crippen molar-refractivity contribution in [2.24, 2.45) is 0 Å². The van der Waals surface area contributed by atoms with Crippen molar-refractivity contribution in [3.8, 4) is 11.5 Å². The van der Waals surface area contributed by atoms with Crippen molar-refractivity contribution in [1.29, 1.82) is 0 Å². The highest BCUT2D eigenvalue weighted by atomic mass is 35.5. The van der Waals surface area contributed by atoms with Gasteiger partial charge in [-0.2, -0.15) is 0 Å². The Morgan fingerprint density at radius 1 is 1.00 bits per heavy atom. The van der Waals surface area contributed by atoms with E-state index in [1.54, 1.807) is 0 Å². The lowest BCUT2D eigenvalue weighted by molar-refractivity contribution is 0.173. The van der Waals surface area contributed by atoms with E-state index in [1.807, 2.05) is 30.3 Å². The molecule has 0 saturated carbocycles. The molecule has 0 aromatic heterocycles. The molecule has 0 bridgehead atoms. The molecule has 4 nitrogen and oxygen atoms in total. The molecule has 4 rings (SSSR count). The SMILES string of the molecule is Clc1cccc(C(c2ccc3c(c2)OCO3)N2CCNCC2)c1Cl. The minimum Gasteiger partial charge on any atom is -0.454 e. The van der Waals surface area contributed by atoms with Crippen molar-refractivity contribution in [3.05, 3.63) is 57.6 Å². The summed E-state index contributed by atoms with van der Waals surface area (Å²) in [5.74, 6) is 1.57. The van der Waals surface area contributed by atoms with Crippen LogP contribution in [0.1, 0.15) is 17.2 Å². The number of ether oxygens (including phenoxy) is 2. The second-order valence-corrected chi connectivity index (χ2v) is 6.73. The predicted octanol–water partition coefficient (Wildman–Crippen LogP) is 3.72. The quantitative estimate of drug-likeness (QED) is 0.899. The summed E-state index contributed by atoms with van der Waals surface area (Å²) in [7, 11) is 0. The van der Waals surface area contributed by atoms with Gasteiger partial charge >= 0.3 is 0 Å². The molecular formula is C18H18Cl2N2O2. The van der Waals surface area contributed by atoms with E-state index in [0.717, 1.165) is 48.8 Å². The normalized spacial score (nSPS) is 18.6. The van der Waals surface area contributed by atoms with Gasteiger partial charge in [-0.1, -0.05) is 41.4 Å². The fourth-order valence-corrected chi connectivity index (χ4v) is 3.75. The van der Waals surface area contributed by atoms with Gasteiger partial charge in [-0.15, -0.1) is 0 Å². The van der Waals surface area contributed by atoms with Crippen LogP contribution in [0.4, 0.5) is 0 Å². The van der Waals surface area contributed by atoms with Crippen LogP contribution in [-0.2, 0) is 0 Å². The molecule has 6 heteroatoms. The lowest BCUT2D eigenvalue weighted by Gasteiger charge is -2.36. The third kappa shape index (κ3) is 2.95. The van der Waals surface area contributed by atoms with E-state index in [9.17, 15) is 0 Å². The first-order chi connectivity index (χ1) is 11.7. The highest BCUT2D eigenvalue weighted by Gasteiger charge is 2.28. The van der Waals surface area contributed by atoms with Crippen molar-refractivity contribution in [2.75, 3.05) is 33.0 Å². The van der Waals surface area contributed by atoms with Gasteiger partial charge < -0.3 is 14.8 Å². The highest BCUT2D eigenvalue weighted by molar-refractivity contribution is 6.42. The summed E-state index contributed by atoms with van der Waals surface area (Å²) in [4.78, 5) is 2.42. The Balaban J connectivity index is 1.79. The molecule has 126 valence electrons. The molecule has 1 unspecified atom stereocenters. The molecule has 1 N–H and O–H groups in total. The molecule has 0 amide bonds. The van der Waals surface area contributed by atoms with Crippen LogP contribution in [0, 0.1) is 0 Å². The zero-order valence-corrected chi connectivity index (χ0v) is 14.6. The molecule has 1 fully saturated rings. The van der Waals surface area contributed by atoms with Crippen LogP contribution >= 0.6 is 23.2 Å². The molecular weight excluding hydrogens is 347 g/mol. The summed E-state index contributed by atoms with van der Waals surface area (Å²) in [5.41, 5.74) is 2.15. The van der Waals surface area contributed by atoms with Crippen molar-refractivity contribution in [2.45, 2.75) is 6.04 Å². The van der Waals surface area contributed by atoms with Gasteiger partial charge in [0.1, 0.15) is 0 Å². The van der Waals surface area contributed by atoms with Crippen LogP contribution in [0.3, 0.4) is 0 Å². The average Bonchev–Trinajstić information content (AvgIpc) is 3.08. The van der Waals surface area contributed by atoms with E-state index >= 15 is 0 Å². The molecule has 2 aromatic rings. The van der Waals surface area contributed by atoms with Gasteiger partial charge in [0.2, 0.25) is 6.79 Å². The van der Waals surface area contributed by atoms with Crippen LogP contribution in [0.5, 0.6) is 11.5 Å². The van der Waals surface area contributed by atoms with E-state index in [4.69, 9.17) is 32.7 Å². The number of piperazine rings is 1. The predicted molar refractivity (Wildman–Crippen MR) is 95.3 cm³/mol. The maximum absolute atomic E-state index is 6.54. The molecule has 2 aromatic carbocycles. The average molecular weight is 365 g/mol. The Morgan fingerprint density at radius 3 is 2.62 bits per heavy atom. The lowest BCUT2D eigenvalue weighted by Crippen LogP contribution is -2.45. The molecule has 0 spiro atoms. The Morgan fingerprint density at radius 2 is 1.79 bits per heavy atom. The Kier molecular flexibility index (Phi) is 4.55. The maximum Gasteiger partial charge on any atom is 0.231 e. The Labute approximate surface area is 151 Å². The number of nitrogens with zero attached hydrogens (tertiary/aromatic N) is 1. The third-order valence-electron chi connectivity index (χ3n) is 4.51. The summed E-state index contributed by atoms with van der Waals surface area (Å²) in [6.07, 6.45) is 0. The van der Waals surface area contributed by atoms with Gasteiger partial charge in [0.05, 0.1) is 16.1 Å². The van der Waals surface area contributed by atoms with Crippen molar-refractivity contribution >= 4 is 23.2 Å². The minimum absolute atomic E-state index is 0.0350. The number of hydrogen-bond acceptors (Lipinski definition) is 4. The fourth-order valence-electron chi connectivity index (χ4n) is 3.34. The third-order valence-corrected chi connectivity index (χ3v) is 5.34. The second kappa shape index (κ2) is 6.81. The lowest BCUT2D eigenvalue weighted by atomic mass is 9.96. The summed E-state index contributed by atoms with van der Waals surface area (Å²) >= 11 is 12.8. The highest BCUT2D eigenvalue weighted by Crippen LogP contribution is 2.40. The van der Waals surface area contributed by atoms with Gasteiger partial charge in [0.25, 0.3) is 0 Å². The molecule has 24 heavy (non-hydrogen) atoms. The van der Waals surface area contributed by atoms with Gasteiger partial charge in [-0.25, -0.2) is 0 Å². The Hall–Kier alpha value is -1.46. The smallest absolute Gasteiger partial charge is 0.231 e. The largest absolute Gasteiger partial charge is 0.454 e. The number of rotatable bonds is 3. The van der Waals surface area contributed by atoms with Gasteiger partial charge in [-0.05, 0) is 29.3 Å². The number of hydrogen-bond donors (Lipinski definition) is 1. The van der Waals surface area contributed by atoms with Crippen LogP contribution < -0.4 is 14.8 Å². The molecule has 0 aliphatic carbocycles. The zero-order chi connectivity index (χ0) is 16.5. The van der Waals surface area contributed by atoms with Crippen LogP contribution in [0.25, 0.3) is 0 Å². The molecule has 2 aliphatic rings. The molecule has 1 saturated heterocycles. The molecule has 0 radical (unpaired) electrons. The van der Waals surface area contributed by atoms with E-state index in [1.165, 1.54) is 0 Å². The topological polar surface area (TPSA) is 33.7 Å². The summed E-state index contributed by atoms with van der Waals surface area (Å²) in [6.45, 7) is 4.08. The standard InChI is InChI=1S/C18H18Cl2N2O2/c19-14-3-1-2-13(17(14)20)18(22-8-6-21-7-9-22)12-4-5-15-16(10-12)24-11-23-15/h1-5,10,18,21H,6-9,11H2. The van der Waals surface area contributed by atoms with E-state index < -0.39 is 0 Å². The second-order valence-electron chi connectivity index (χ2n) is 5.94. The molecule has 2 aliphatic heterocycles. The summed E-state index contributed by atoms with van der Waals surface area (Å²) < 4.78 is 11.0. The molecule has 2 heterocycles. The first-order valence-electron chi connectivity index (χ1n) is 8.02. The fraction of sp³-hybridized carbons (Fsp3) is 0.333. The first kappa shape index (κ1) is 16.0. The van der Waals surface area contributed by atoms with Crippen LogP contribution in [-0.4, -0.2) is 37.9 Å². The van der Waals surface area contributed by atoms with E-state index in [0.29, 0.717) is 10.0 Å². The van der Waals surface area contributed by atoms with Gasteiger partial charge in [0, 0.05) is 26.2 Å².